The molecule has 0 aliphatic carbocycles. The van der Waals surface area contributed by atoms with Gasteiger partial charge in [-0.05, 0) is 0 Å². The maximum atomic E-state index is 9.91. The smallest absolute Gasteiger partial charge is 0.125 e. The van der Waals surface area contributed by atoms with Crippen LogP contribution in [0, 0.1) is 0 Å². The number of hydrogen-bond acceptors (Lipinski definition) is 7. The summed E-state index contributed by atoms with van der Waals surface area (Å²) < 4.78 is 0. The number of rotatable bonds is 5. The predicted molar refractivity (Wildman–Crippen MR) is 72.6 cm³/mol. The summed E-state index contributed by atoms with van der Waals surface area (Å²) in [6, 6.07) is 9.44. The fraction of sp³-hybridized carbons (Fsp3) is 0.417. The normalized spacial score (nSPS) is 23.4. The van der Waals surface area contributed by atoms with Crippen LogP contribution >= 0.6 is 11.8 Å². The van der Waals surface area contributed by atoms with E-state index in [1.807, 2.05) is 30.3 Å². The first-order chi connectivity index (χ1) is 9.13. The molecule has 104 valence electrons. The Morgan fingerprint density at radius 1 is 1.21 bits per heavy atom. The van der Waals surface area contributed by atoms with Crippen LogP contribution in [0.1, 0.15) is 5.56 Å². The highest BCUT2D eigenvalue weighted by molar-refractivity contribution is 8.15. The average Bonchev–Trinajstić information content (AvgIpc) is 2.95. The van der Waals surface area contributed by atoms with Crippen LogP contribution in [-0.4, -0.2) is 55.8 Å². The molecule has 1 heterocycles. The Labute approximate surface area is 114 Å². The lowest BCUT2D eigenvalue weighted by molar-refractivity contribution is -0.0779. The Bertz CT molecular complexity index is 443. The van der Waals surface area contributed by atoms with E-state index >= 15 is 0 Å². The zero-order chi connectivity index (χ0) is 13.8. The third-order valence-corrected chi connectivity index (χ3v) is 3.98. The molecule has 19 heavy (non-hydrogen) atoms. The standard InChI is InChI=1S/C12H16N2O4S/c15-6-8(16)9(17)10(18)12-14-13-11(19-12)7-4-2-1-3-5-7/h1-5,8-10,12,14-18H,6H2/t8-,9-,10+,12+/m0/s1. The first kappa shape index (κ1) is 14.3. The Morgan fingerprint density at radius 3 is 2.53 bits per heavy atom. The van der Waals surface area contributed by atoms with Crippen molar-refractivity contribution in [2.45, 2.75) is 23.7 Å². The van der Waals surface area contributed by atoms with Gasteiger partial charge in [0.15, 0.2) is 0 Å². The van der Waals surface area contributed by atoms with Gasteiger partial charge in [-0.3, -0.25) is 5.43 Å². The zero-order valence-corrected chi connectivity index (χ0v) is 10.9. The van der Waals surface area contributed by atoms with E-state index < -0.39 is 30.3 Å². The predicted octanol–water partition coefficient (Wildman–Crippen LogP) is -0.914. The molecular formula is C12H16N2O4S. The molecule has 0 saturated heterocycles. The van der Waals surface area contributed by atoms with Gasteiger partial charge in [0.1, 0.15) is 28.7 Å². The number of hydrazone groups is 1. The molecule has 2 rings (SSSR count). The summed E-state index contributed by atoms with van der Waals surface area (Å²) in [6.45, 7) is -0.609. The molecule has 5 N–H and O–H groups in total. The lowest BCUT2D eigenvalue weighted by Crippen LogP contribution is -2.47. The molecule has 1 aromatic rings. The minimum atomic E-state index is -1.43. The SMILES string of the molecule is OC[C@H](O)[C@H](O)[C@@H](O)[C@@H]1NN=C(c2ccccc2)S1. The van der Waals surface area contributed by atoms with Crippen molar-refractivity contribution in [3.8, 4) is 0 Å². The van der Waals surface area contributed by atoms with E-state index in [-0.39, 0.29) is 0 Å². The molecule has 1 aliphatic heterocycles. The van der Waals surface area contributed by atoms with Crippen molar-refractivity contribution in [3.63, 3.8) is 0 Å². The van der Waals surface area contributed by atoms with Gasteiger partial charge in [0.25, 0.3) is 0 Å². The molecule has 0 aromatic heterocycles. The summed E-state index contributed by atoms with van der Waals surface area (Å²) in [5.41, 5.74) is 3.62. The van der Waals surface area contributed by atoms with Gasteiger partial charge in [0.2, 0.25) is 0 Å². The number of aliphatic hydroxyl groups is 4. The molecule has 0 radical (unpaired) electrons. The molecule has 0 spiro atoms. The molecule has 7 heteroatoms. The Balaban J connectivity index is 1.97. The van der Waals surface area contributed by atoms with Gasteiger partial charge in [0, 0.05) is 5.56 Å². The van der Waals surface area contributed by atoms with E-state index in [1.165, 1.54) is 11.8 Å². The minimum Gasteiger partial charge on any atom is -0.394 e. The van der Waals surface area contributed by atoms with Crippen molar-refractivity contribution in [1.29, 1.82) is 0 Å². The summed E-state index contributed by atoms with van der Waals surface area (Å²) >= 11 is 1.26. The number of nitrogens with one attached hydrogen (secondary N) is 1. The zero-order valence-electron chi connectivity index (χ0n) is 10.0. The molecule has 1 aliphatic rings. The monoisotopic (exact) mass is 284 g/mol. The Kier molecular flexibility index (Phi) is 4.78. The molecule has 0 saturated carbocycles. The summed E-state index contributed by atoms with van der Waals surface area (Å²) in [6.07, 6.45) is -4.05. The lowest BCUT2D eigenvalue weighted by Gasteiger charge is -2.25. The Hall–Kier alpha value is -1.12. The average molecular weight is 284 g/mol. The second kappa shape index (κ2) is 6.36. The van der Waals surface area contributed by atoms with Crippen LogP contribution in [0.25, 0.3) is 0 Å². The maximum Gasteiger partial charge on any atom is 0.125 e. The van der Waals surface area contributed by atoms with Crippen LogP contribution in [-0.2, 0) is 0 Å². The van der Waals surface area contributed by atoms with Crippen LogP contribution in [0.15, 0.2) is 35.4 Å². The van der Waals surface area contributed by atoms with Crippen molar-refractivity contribution in [1.82, 2.24) is 5.43 Å². The van der Waals surface area contributed by atoms with Gasteiger partial charge in [-0.25, -0.2) is 0 Å². The van der Waals surface area contributed by atoms with Crippen LogP contribution in [0.4, 0.5) is 0 Å². The Morgan fingerprint density at radius 2 is 1.89 bits per heavy atom. The van der Waals surface area contributed by atoms with Gasteiger partial charge in [-0.15, -0.1) is 0 Å². The van der Waals surface area contributed by atoms with Crippen LogP contribution in [0.2, 0.25) is 0 Å². The number of aliphatic hydroxyl groups excluding tert-OH is 4. The van der Waals surface area contributed by atoms with Crippen LogP contribution in [0.3, 0.4) is 0 Å². The van der Waals surface area contributed by atoms with Crippen LogP contribution < -0.4 is 5.43 Å². The van der Waals surface area contributed by atoms with E-state index in [0.29, 0.717) is 5.04 Å². The van der Waals surface area contributed by atoms with Crippen molar-refractivity contribution in [2.24, 2.45) is 5.10 Å². The molecule has 0 amide bonds. The highest BCUT2D eigenvalue weighted by atomic mass is 32.2. The first-order valence-corrected chi connectivity index (χ1v) is 6.72. The van der Waals surface area contributed by atoms with E-state index in [0.717, 1.165) is 5.56 Å². The van der Waals surface area contributed by atoms with Crippen molar-refractivity contribution in [2.75, 3.05) is 6.61 Å². The summed E-state index contributed by atoms with van der Waals surface area (Å²) in [5, 5.41) is 41.8. The molecule has 1 aromatic carbocycles. The fourth-order valence-electron chi connectivity index (χ4n) is 1.67. The maximum absolute atomic E-state index is 9.91. The van der Waals surface area contributed by atoms with Crippen molar-refractivity contribution in [3.05, 3.63) is 35.9 Å². The van der Waals surface area contributed by atoms with Crippen LogP contribution in [0.5, 0.6) is 0 Å². The third-order valence-electron chi connectivity index (χ3n) is 2.79. The number of thioether (sulfide) groups is 1. The first-order valence-electron chi connectivity index (χ1n) is 5.84. The number of nitrogens with zero attached hydrogens (tertiary/aromatic N) is 1. The molecule has 4 atom stereocenters. The van der Waals surface area contributed by atoms with Gasteiger partial charge in [0.05, 0.1) is 6.61 Å². The van der Waals surface area contributed by atoms with Gasteiger partial charge in [-0.2, -0.15) is 5.10 Å². The molecular weight excluding hydrogens is 268 g/mol. The molecule has 6 nitrogen and oxygen atoms in total. The van der Waals surface area contributed by atoms with E-state index in [2.05, 4.69) is 10.5 Å². The molecule has 0 fully saturated rings. The van der Waals surface area contributed by atoms with E-state index in [1.54, 1.807) is 0 Å². The largest absolute Gasteiger partial charge is 0.394 e. The van der Waals surface area contributed by atoms with E-state index in [9.17, 15) is 15.3 Å². The summed E-state index contributed by atoms with van der Waals surface area (Å²) in [4.78, 5) is 0. The van der Waals surface area contributed by atoms with E-state index in [4.69, 9.17) is 5.11 Å². The topological polar surface area (TPSA) is 105 Å². The van der Waals surface area contributed by atoms with Crippen molar-refractivity contribution < 1.29 is 20.4 Å². The fourth-order valence-corrected chi connectivity index (χ4v) is 2.69. The summed E-state index contributed by atoms with van der Waals surface area (Å²) in [7, 11) is 0. The number of benzene rings is 1. The summed E-state index contributed by atoms with van der Waals surface area (Å²) in [5.74, 6) is 0. The van der Waals surface area contributed by atoms with Gasteiger partial charge < -0.3 is 20.4 Å². The van der Waals surface area contributed by atoms with Gasteiger partial charge in [-0.1, -0.05) is 42.1 Å². The minimum absolute atomic E-state index is 0.564. The van der Waals surface area contributed by atoms with Gasteiger partial charge >= 0.3 is 0 Å². The highest BCUT2D eigenvalue weighted by Gasteiger charge is 2.35. The second-order valence-electron chi connectivity index (χ2n) is 4.18. The third kappa shape index (κ3) is 3.26. The molecule has 0 unspecified atom stereocenters. The lowest BCUT2D eigenvalue weighted by atomic mass is 10.1. The second-order valence-corrected chi connectivity index (χ2v) is 5.31. The highest BCUT2D eigenvalue weighted by Crippen LogP contribution is 2.26. The number of hydrogen-bond donors (Lipinski definition) is 5. The quantitative estimate of drug-likeness (QED) is 0.479. The molecule has 0 bridgehead atoms. The van der Waals surface area contributed by atoms with Crippen molar-refractivity contribution >= 4 is 16.8 Å².